The Hall–Kier alpha value is -2.11. The zero-order valence-corrected chi connectivity index (χ0v) is 13.2. The van der Waals surface area contributed by atoms with Crippen LogP contribution < -0.4 is 5.32 Å². The van der Waals surface area contributed by atoms with Crippen LogP contribution in [0.15, 0.2) is 47.2 Å². The number of hydrogen-bond acceptors (Lipinski definition) is 4. The van der Waals surface area contributed by atoms with Crippen LogP contribution in [0.5, 0.6) is 0 Å². The number of rotatable bonds is 5. The van der Waals surface area contributed by atoms with Gasteiger partial charge in [0.05, 0.1) is 12.0 Å². The number of fused-ring (bicyclic) bond motifs is 1. The van der Waals surface area contributed by atoms with Crippen LogP contribution >= 0.6 is 0 Å². The number of para-hydroxylation sites is 1. The van der Waals surface area contributed by atoms with E-state index in [4.69, 9.17) is 9.15 Å². The van der Waals surface area contributed by atoms with E-state index in [2.05, 4.69) is 16.5 Å². The first-order valence-electron chi connectivity index (χ1n) is 8.08. The molecule has 0 aliphatic carbocycles. The minimum absolute atomic E-state index is 0.135. The molecule has 120 valence electrons. The van der Waals surface area contributed by atoms with Gasteiger partial charge in [-0.05, 0) is 18.6 Å². The maximum absolute atomic E-state index is 5.93. The topological polar surface area (TPSA) is 52.2 Å². The lowest BCUT2D eigenvalue weighted by Gasteiger charge is -2.19. The molecule has 2 aromatic heterocycles. The molecule has 23 heavy (non-hydrogen) atoms. The largest absolute Gasteiger partial charge is 0.464 e. The predicted octanol–water partition coefficient (Wildman–Crippen LogP) is 3.03. The van der Waals surface area contributed by atoms with E-state index in [1.807, 2.05) is 48.5 Å². The number of furan rings is 1. The molecule has 5 nitrogen and oxygen atoms in total. The molecule has 1 fully saturated rings. The summed E-state index contributed by atoms with van der Waals surface area (Å²) in [5, 5.41) is 9.00. The van der Waals surface area contributed by atoms with Crippen molar-refractivity contribution in [2.45, 2.75) is 19.1 Å². The number of aryl methyl sites for hydroxylation is 1. The van der Waals surface area contributed by atoms with Gasteiger partial charge in [-0.3, -0.25) is 4.68 Å². The third kappa shape index (κ3) is 2.78. The van der Waals surface area contributed by atoms with Gasteiger partial charge in [-0.2, -0.15) is 5.10 Å². The molecule has 4 rings (SSSR count). The maximum Gasteiger partial charge on any atom is 0.134 e. The summed E-state index contributed by atoms with van der Waals surface area (Å²) in [6.45, 7) is 2.55. The van der Waals surface area contributed by atoms with Gasteiger partial charge in [0.2, 0.25) is 0 Å². The highest BCUT2D eigenvalue weighted by Crippen LogP contribution is 2.33. The minimum atomic E-state index is 0.135. The van der Waals surface area contributed by atoms with E-state index in [1.54, 1.807) is 0 Å². The summed E-state index contributed by atoms with van der Waals surface area (Å²) < 4.78 is 13.4. The van der Waals surface area contributed by atoms with Gasteiger partial charge in [0, 0.05) is 49.8 Å². The molecule has 0 radical (unpaired) electrons. The monoisotopic (exact) mass is 311 g/mol. The van der Waals surface area contributed by atoms with E-state index in [0.717, 1.165) is 37.4 Å². The fourth-order valence-corrected chi connectivity index (χ4v) is 3.39. The van der Waals surface area contributed by atoms with Gasteiger partial charge in [-0.1, -0.05) is 18.2 Å². The van der Waals surface area contributed by atoms with Crippen LogP contribution in [0.1, 0.15) is 23.8 Å². The van der Waals surface area contributed by atoms with Gasteiger partial charge in [0.15, 0.2) is 0 Å². The molecule has 3 heterocycles. The summed E-state index contributed by atoms with van der Waals surface area (Å²) in [6, 6.07) is 10.2. The Morgan fingerprint density at radius 1 is 1.30 bits per heavy atom. The SMILES string of the molecule is Cn1nccc1[C@@H]1OCC[C@H]1CNCc1coc2ccccc12. The molecule has 1 saturated heterocycles. The van der Waals surface area contributed by atoms with Crippen molar-refractivity contribution in [3.05, 3.63) is 54.0 Å². The van der Waals surface area contributed by atoms with E-state index in [1.165, 1.54) is 10.9 Å². The Balaban J connectivity index is 1.40. The highest BCUT2D eigenvalue weighted by molar-refractivity contribution is 5.80. The van der Waals surface area contributed by atoms with Crippen LogP contribution in [-0.2, 0) is 18.3 Å². The van der Waals surface area contributed by atoms with E-state index < -0.39 is 0 Å². The minimum Gasteiger partial charge on any atom is -0.464 e. The number of nitrogens with one attached hydrogen (secondary N) is 1. The second-order valence-electron chi connectivity index (χ2n) is 6.11. The van der Waals surface area contributed by atoms with Crippen LogP contribution in [0.4, 0.5) is 0 Å². The highest BCUT2D eigenvalue weighted by Gasteiger charge is 2.31. The quantitative estimate of drug-likeness (QED) is 0.787. The van der Waals surface area contributed by atoms with Crippen molar-refractivity contribution >= 4 is 11.0 Å². The number of nitrogens with zero attached hydrogens (tertiary/aromatic N) is 2. The number of ether oxygens (including phenoxy) is 1. The second kappa shape index (κ2) is 6.18. The summed E-state index contributed by atoms with van der Waals surface area (Å²) >= 11 is 0. The van der Waals surface area contributed by atoms with Crippen molar-refractivity contribution in [2.24, 2.45) is 13.0 Å². The molecule has 0 amide bonds. The normalized spacial score (nSPS) is 21.3. The van der Waals surface area contributed by atoms with Crippen LogP contribution in [0.3, 0.4) is 0 Å². The lowest BCUT2D eigenvalue weighted by molar-refractivity contribution is 0.0838. The van der Waals surface area contributed by atoms with Crippen molar-refractivity contribution in [3.8, 4) is 0 Å². The molecule has 1 aliphatic heterocycles. The summed E-state index contributed by atoms with van der Waals surface area (Å²) in [5.74, 6) is 0.476. The zero-order chi connectivity index (χ0) is 15.6. The second-order valence-corrected chi connectivity index (χ2v) is 6.11. The van der Waals surface area contributed by atoms with Crippen LogP contribution in [-0.4, -0.2) is 22.9 Å². The van der Waals surface area contributed by atoms with Gasteiger partial charge < -0.3 is 14.5 Å². The summed E-state index contributed by atoms with van der Waals surface area (Å²) in [5.41, 5.74) is 3.31. The maximum atomic E-state index is 5.93. The third-order valence-corrected chi connectivity index (χ3v) is 4.65. The van der Waals surface area contributed by atoms with E-state index in [-0.39, 0.29) is 6.10 Å². The Kier molecular flexibility index (Phi) is 3.89. The first-order chi connectivity index (χ1) is 11.3. The molecule has 0 saturated carbocycles. The molecule has 0 spiro atoms. The van der Waals surface area contributed by atoms with E-state index in [9.17, 15) is 0 Å². The molecule has 3 aromatic rings. The van der Waals surface area contributed by atoms with E-state index >= 15 is 0 Å². The molecule has 0 bridgehead atoms. The Bertz CT molecular complexity index is 792. The van der Waals surface area contributed by atoms with E-state index in [0.29, 0.717) is 5.92 Å². The molecular weight excluding hydrogens is 290 g/mol. The van der Waals surface area contributed by atoms with Gasteiger partial charge in [0.25, 0.3) is 0 Å². The Labute approximate surface area is 135 Å². The van der Waals surface area contributed by atoms with Crippen molar-refractivity contribution in [3.63, 3.8) is 0 Å². The smallest absolute Gasteiger partial charge is 0.134 e. The molecular formula is C18H21N3O2. The summed E-state index contributed by atoms with van der Waals surface area (Å²) in [4.78, 5) is 0. The molecule has 1 aliphatic rings. The Morgan fingerprint density at radius 2 is 2.22 bits per heavy atom. The first kappa shape index (κ1) is 14.5. The fraction of sp³-hybridized carbons (Fsp3) is 0.389. The Morgan fingerprint density at radius 3 is 3.09 bits per heavy atom. The van der Waals surface area contributed by atoms with Crippen LogP contribution in [0.25, 0.3) is 11.0 Å². The average molecular weight is 311 g/mol. The molecule has 2 atom stereocenters. The summed E-state index contributed by atoms with van der Waals surface area (Å²) in [6.07, 6.45) is 4.89. The van der Waals surface area contributed by atoms with Crippen LogP contribution in [0, 0.1) is 5.92 Å². The zero-order valence-electron chi connectivity index (χ0n) is 13.2. The molecule has 1 N–H and O–H groups in total. The first-order valence-corrected chi connectivity index (χ1v) is 8.08. The summed E-state index contributed by atoms with van der Waals surface area (Å²) in [7, 11) is 1.97. The van der Waals surface area contributed by atoms with Gasteiger partial charge >= 0.3 is 0 Å². The molecule has 0 unspecified atom stereocenters. The third-order valence-electron chi connectivity index (χ3n) is 4.65. The predicted molar refractivity (Wildman–Crippen MR) is 87.9 cm³/mol. The van der Waals surface area contributed by atoms with Gasteiger partial charge in [-0.15, -0.1) is 0 Å². The molecule has 5 heteroatoms. The fourth-order valence-electron chi connectivity index (χ4n) is 3.39. The van der Waals surface area contributed by atoms with Crippen molar-refractivity contribution in [1.29, 1.82) is 0 Å². The molecule has 1 aromatic carbocycles. The number of aromatic nitrogens is 2. The lowest BCUT2D eigenvalue weighted by Crippen LogP contribution is -2.25. The van der Waals surface area contributed by atoms with Crippen LogP contribution in [0.2, 0.25) is 0 Å². The van der Waals surface area contributed by atoms with Crippen molar-refractivity contribution in [1.82, 2.24) is 15.1 Å². The van der Waals surface area contributed by atoms with Crippen molar-refractivity contribution < 1.29 is 9.15 Å². The van der Waals surface area contributed by atoms with Gasteiger partial charge in [-0.25, -0.2) is 0 Å². The number of benzene rings is 1. The van der Waals surface area contributed by atoms with Crippen molar-refractivity contribution in [2.75, 3.05) is 13.2 Å². The average Bonchev–Trinajstić information content (AvgIpc) is 3.27. The number of hydrogen-bond donors (Lipinski definition) is 1. The van der Waals surface area contributed by atoms with Gasteiger partial charge in [0.1, 0.15) is 11.7 Å². The highest BCUT2D eigenvalue weighted by atomic mass is 16.5. The lowest BCUT2D eigenvalue weighted by atomic mass is 9.99. The standard InChI is InChI=1S/C18H21N3O2/c1-21-16(6-8-20-21)18-13(7-9-22-18)10-19-11-14-12-23-17-5-3-2-4-15(14)17/h2-6,8,12-13,18-19H,7,9-11H2,1H3/t13-,18+/m0/s1.